The number of carbonyl (C=O) groups is 1. The van der Waals surface area contributed by atoms with Crippen LogP contribution in [0.25, 0.3) is 11.1 Å². The molecule has 0 saturated heterocycles. The lowest BCUT2D eigenvalue weighted by Crippen LogP contribution is -2.09. The maximum absolute atomic E-state index is 11.7. The molecule has 0 N–H and O–H groups in total. The number of aromatic nitrogens is 2. The van der Waals surface area contributed by atoms with Gasteiger partial charge in [0.05, 0.1) is 25.8 Å². The number of nitrogens with zero attached hydrogens (tertiary/aromatic N) is 2. The van der Waals surface area contributed by atoms with Gasteiger partial charge in [-0.3, -0.25) is 9.48 Å². The summed E-state index contributed by atoms with van der Waals surface area (Å²) >= 11 is 0. The van der Waals surface area contributed by atoms with Gasteiger partial charge in [-0.1, -0.05) is 24.3 Å². The van der Waals surface area contributed by atoms with Crippen molar-refractivity contribution in [2.75, 3.05) is 13.7 Å². The summed E-state index contributed by atoms with van der Waals surface area (Å²) in [5.41, 5.74) is 8.37. The number of hydrogen-bond acceptors (Lipinski definition) is 5. The van der Waals surface area contributed by atoms with Crippen molar-refractivity contribution in [3.8, 4) is 22.6 Å². The van der Waals surface area contributed by atoms with Crippen LogP contribution in [0.3, 0.4) is 0 Å². The number of hydrogen-bond donors (Lipinski definition) is 0. The Hall–Kier alpha value is -3.28. The topological polar surface area (TPSA) is 62.6 Å². The van der Waals surface area contributed by atoms with E-state index in [0.29, 0.717) is 13.0 Å². The van der Waals surface area contributed by atoms with E-state index in [1.807, 2.05) is 29.9 Å². The second kappa shape index (κ2) is 8.01. The van der Waals surface area contributed by atoms with Gasteiger partial charge in [0.1, 0.15) is 17.6 Å². The minimum absolute atomic E-state index is 0.00699. The summed E-state index contributed by atoms with van der Waals surface area (Å²) in [6.45, 7) is 4.69. The highest BCUT2D eigenvalue weighted by atomic mass is 16.5. The molecule has 2 aliphatic rings. The summed E-state index contributed by atoms with van der Waals surface area (Å²) in [5.74, 6) is 1.40. The van der Waals surface area contributed by atoms with E-state index in [0.717, 1.165) is 35.6 Å². The zero-order valence-corrected chi connectivity index (χ0v) is 19.0. The molecule has 6 heteroatoms. The van der Waals surface area contributed by atoms with Gasteiger partial charge in [-0.15, -0.1) is 0 Å². The van der Waals surface area contributed by atoms with Crippen molar-refractivity contribution in [1.29, 1.82) is 0 Å². The smallest absolute Gasteiger partial charge is 0.306 e. The fraction of sp³-hybridized carbons (Fsp3) is 0.385. The van der Waals surface area contributed by atoms with Crippen molar-refractivity contribution < 1.29 is 19.0 Å². The molecular weight excluding hydrogens is 404 g/mol. The highest BCUT2D eigenvalue weighted by Gasteiger charge is 2.30. The second-order valence-electron chi connectivity index (χ2n) is 8.68. The Kier molecular flexibility index (Phi) is 5.16. The van der Waals surface area contributed by atoms with Crippen molar-refractivity contribution in [2.24, 2.45) is 7.05 Å². The molecule has 0 spiro atoms. The third-order valence-electron chi connectivity index (χ3n) is 6.78. The molecule has 0 fully saturated rings. The Morgan fingerprint density at radius 1 is 1.22 bits per heavy atom. The molecule has 6 nitrogen and oxygen atoms in total. The third kappa shape index (κ3) is 3.44. The van der Waals surface area contributed by atoms with Gasteiger partial charge in [-0.25, -0.2) is 0 Å². The van der Waals surface area contributed by atoms with Crippen LogP contribution in [0.1, 0.15) is 52.9 Å². The van der Waals surface area contributed by atoms with E-state index < -0.39 is 0 Å². The van der Waals surface area contributed by atoms with E-state index in [2.05, 4.69) is 37.1 Å². The van der Waals surface area contributed by atoms with Crippen LogP contribution in [0.15, 0.2) is 36.4 Å². The van der Waals surface area contributed by atoms with E-state index in [1.165, 1.54) is 35.1 Å². The molecule has 1 aliphatic heterocycles. The van der Waals surface area contributed by atoms with Gasteiger partial charge in [-0.2, -0.15) is 5.10 Å². The fourth-order valence-corrected chi connectivity index (χ4v) is 5.08. The van der Waals surface area contributed by atoms with E-state index in [1.54, 1.807) is 0 Å². The van der Waals surface area contributed by atoms with Crippen LogP contribution >= 0.6 is 0 Å². The number of rotatable bonds is 5. The first-order valence-corrected chi connectivity index (χ1v) is 11.1. The monoisotopic (exact) mass is 432 g/mol. The van der Waals surface area contributed by atoms with Crippen molar-refractivity contribution in [2.45, 2.75) is 45.1 Å². The lowest BCUT2D eigenvalue weighted by atomic mass is 9.95. The van der Waals surface area contributed by atoms with Crippen LogP contribution < -0.4 is 9.47 Å². The first kappa shape index (κ1) is 20.6. The van der Waals surface area contributed by atoms with Gasteiger partial charge in [0.2, 0.25) is 0 Å². The Labute approximate surface area is 188 Å². The molecule has 0 bridgehead atoms. The Morgan fingerprint density at radius 2 is 2.06 bits per heavy atom. The van der Waals surface area contributed by atoms with Gasteiger partial charge in [0.25, 0.3) is 0 Å². The van der Waals surface area contributed by atoms with Crippen molar-refractivity contribution in [1.82, 2.24) is 9.78 Å². The first-order chi connectivity index (χ1) is 15.5. The zero-order valence-electron chi connectivity index (χ0n) is 19.0. The molecule has 1 aliphatic carbocycles. The SMILES string of the molecule is COC(=O)CC1COc2cc(OC3CCc4c(-c5c(C)nn(C)c5C)cccc43)ccc21. The minimum atomic E-state index is -0.218. The molecule has 2 atom stereocenters. The van der Waals surface area contributed by atoms with Gasteiger partial charge in [-0.05, 0) is 49.4 Å². The number of methoxy groups -OCH3 is 1. The summed E-state index contributed by atoms with van der Waals surface area (Å²) in [4.78, 5) is 11.7. The Bertz CT molecular complexity index is 1200. The Morgan fingerprint density at radius 3 is 2.81 bits per heavy atom. The Balaban J connectivity index is 1.39. The summed E-state index contributed by atoms with van der Waals surface area (Å²) in [7, 11) is 3.41. The number of benzene rings is 2. The molecule has 5 rings (SSSR count). The minimum Gasteiger partial charge on any atom is -0.492 e. The van der Waals surface area contributed by atoms with E-state index in [9.17, 15) is 4.79 Å². The van der Waals surface area contributed by atoms with E-state index in [4.69, 9.17) is 14.2 Å². The molecular formula is C26H28N2O4. The molecule has 0 saturated carbocycles. The van der Waals surface area contributed by atoms with Crippen LogP contribution in [0, 0.1) is 13.8 Å². The molecule has 166 valence electrons. The molecule has 0 amide bonds. The molecule has 2 heterocycles. The van der Waals surface area contributed by atoms with Crippen LogP contribution in [0.2, 0.25) is 0 Å². The second-order valence-corrected chi connectivity index (χ2v) is 8.68. The standard InChI is InChI=1S/C26H28N2O4/c1-15-26(16(2)28(3)27-15)22-7-5-6-21-20(22)10-11-23(21)32-18-8-9-19-17(12-25(29)30-4)14-31-24(19)13-18/h5-9,13,17,23H,10-12,14H2,1-4H3. The number of fused-ring (bicyclic) bond motifs is 2. The van der Waals surface area contributed by atoms with E-state index >= 15 is 0 Å². The van der Waals surface area contributed by atoms with Crippen LogP contribution in [-0.4, -0.2) is 29.5 Å². The van der Waals surface area contributed by atoms with Crippen molar-refractivity contribution in [3.63, 3.8) is 0 Å². The molecule has 0 radical (unpaired) electrons. The van der Waals surface area contributed by atoms with Crippen molar-refractivity contribution >= 4 is 5.97 Å². The molecule has 1 aromatic heterocycles. The predicted octanol–water partition coefficient (Wildman–Crippen LogP) is 4.81. The summed E-state index contributed by atoms with van der Waals surface area (Å²) in [6, 6.07) is 12.4. The summed E-state index contributed by atoms with van der Waals surface area (Å²) in [5, 5.41) is 4.60. The first-order valence-electron chi connectivity index (χ1n) is 11.1. The summed E-state index contributed by atoms with van der Waals surface area (Å²) in [6.07, 6.45) is 2.25. The third-order valence-corrected chi connectivity index (χ3v) is 6.78. The van der Waals surface area contributed by atoms with Gasteiger partial charge in [0.15, 0.2) is 0 Å². The highest BCUT2D eigenvalue weighted by molar-refractivity contribution is 5.74. The molecule has 2 aromatic carbocycles. The van der Waals surface area contributed by atoms with E-state index in [-0.39, 0.29) is 18.0 Å². The number of carbonyl (C=O) groups excluding carboxylic acids is 1. The molecule has 32 heavy (non-hydrogen) atoms. The van der Waals surface area contributed by atoms with Gasteiger partial charge in [0, 0.05) is 35.9 Å². The lowest BCUT2D eigenvalue weighted by molar-refractivity contribution is -0.141. The average Bonchev–Trinajstić information content (AvgIpc) is 3.44. The highest BCUT2D eigenvalue weighted by Crippen LogP contribution is 2.43. The summed E-state index contributed by atoms with van der Waals surface area (Å²) < 4.78 is 19.0. The maximum atomic E-state index is 11.7. The number of aryl methyl sites for hydroxylation is 2. The quantitative estimate of drug-likeness (QED) is 0.542. The zero-order chi connectivity index (χ0) is 22.4. The fourth-order valence-electron chi connectivity index (χ4n) is 5.08. The van der Waals surface area contributed by atoms with Crippen LogP contribution in [0.5, 0.6) is 11.5 Å². The largest absolute Gasteiger partial charge is 0.492 e. The number of ether oxygens (including phenoxy) is 3. The molecule has 3 aromatic rings. The normalized spacial score (nSPS) is 18.8. The maximum Gasteiger partial charge on any atom is 0.306 e. The lowest BCUT2D eigenvalue weighted by Gasteiger charge is -2.17. The molecule has 2 unspecified atom stereocenters. The number of esters is 1. The van der Waals surface area contributed by atoms with Gasteiger partial charge >= 0.3 is 5.97 Å². The predicted molar refractivity (Wildman–Crippen MR) is 121 cm³/mol. The van der Waals surface area contributed by atoms with Crippen LogP contribution in [-0.2, 0) is 23.0 Å². The van der Waals surface area contributed by atoms with Gasteiger partial charge < -0.3 is 14.2 Å². The van der Waals surface area contributed by atoms with Crippen LogP contribution in [0.4, 0.5) is 0 Å². The average molecular weight is 433 g/mol. The van der Waals surface area contributed by atoms with Crippen molar-refractivity contribution in [3.05, 3.63) is 64.5 Å².